The van der Waals surface area contributed by atoms with Gasteiger partial charge in [-0.15, -0.1) is 23.5 Å². The first-order valence-corrected chi connectivity index (χ1v) is 13.4. The third-order valence-corrected chi connectivity index (χ3v) is 8.92. The Labute approximate surface area is 210 Å². The zero-order chi connectivity index (χ0) is 22.5. The van der Waals surface area contributed by atoms with Crippen LogP contribution < -0.4 is 10.2 Å². The smallest absolute Gasteiger partial charge is 0.277 e. The van der Waals surface area contributed by atoms with Gasteiger partial charge < -0.3 is 9.30 Å². The second kappa shape index (κ2) is 10.8. The summed E-state index contributed by atoms with van der Waals surface area (Å²) in [6.45, 7) is 4.03. The number of nitrogens with one attached hydrogen (secondary N) is 1. The zero-order valence-electron chi connectivity index (χ0n) is 17.9. The van der Waals surface area contributed by atoms with Gasteiger partial charge in [-0.1, -0.05) is 12.1 Å². The molecular weight excluding hydrogens is 553 g/mol. The van der Waals surface area contributed by atoms with Crippen LogP contribution in [0.1, 0.15) is 27.1 Å². The van der Waals surface area contributed by atoms with Crippen molar-refractivity contribution in [2.24, 2.45) is 5.10 Å². The predicted molar refractivity (Wildman–Crippen MR) is 143 cm³/mol. The Hall–Kier alpha value is -1.91. The Morgan fingerprint density at radius 2 is 1.84 bits per heavy atom. The molecule has 1 aromatic heterocycles. The van der Waals surface area contributed by atoms with Crippen LogP contribution in [0.15, 0.2) is 59.7 Å². The Balaban J connectivity index is 1.31. The molecule has 1 saturated heterocycles. The molecule has 0 aliphatic carbocycles. The lowest BCUT2D eigenvalue weighted by Crippen LogP contribution is -2.24. The average Bonchev–Trinajstić information content (AvgIpc) is 3.42. The van der Waals surface area contributed by atoms with E-state index in [0.717, 1.165) is 22.6 Å². The highest BCUT2D eigenvalue weighted by Gasteiger charge is 2.18. The Kier molecular flexibility index (Phi) is 7.85. The summed E-state index contributed by atoms with van der Waals surface area (Å²) in [6.07, 6.45) is 1.68. The minimum absolute atomic E-state index is 0.0781. The number of benzene rings is 2. The SMILES string of the molecule is Cc1cc(/C=N/NC(=O)COc2ccc(C3SCCS3)cc2)c(C)n1-c1ccc(I)cc1. The molecule has 4 rings (SSSR count). The molecule has 5 nitrogen and oxygen atoms in total. The van der Waals surface area contributed by atoms with E-state index in [4.69, 9.17) is 4.74 Å². The molecule has 0 bridgehead atoms. The van der Waals surface area contributed by atoms with E-state index in [1.54, 1.807) is 6.21 Å². The van der Waals surface area contributed by atoms with Crippen LogP contribution in [-0.4, -0.2) is 34.8 Å². The number of aromatic nitrogens is 1. The summed E-state index contributed by atoms with van der Waals surface area (Å²) in [4.78, 5) is 12.1. The maximum absolute atomic E-state index is 12.1. The standard InChI is InChI=1S/C24H24IN3O2S2/c1-16-13-19(17(2)28(16)21-7-5-20(25)6-8-21)14-26-27-23(29)15-30-22-9-3-18(4-10-22)24-31-11-12-32-24/h3-10,13-14,24H,11-12,15H2,1-2H3,(H,27,29)/b26-14+. The van der Waals surface area contributed by atoms with Crippen LogP contribution in [0.4, 0.5) is 0 Å². The van der Waals surface area contributed by atoms with Crippen molar-refractivity contribution in [2.45, 2.75) is 18.4 Å². The van der Waals surface area contributed by atoms with Crippen LogP contribution in [0.2, 0.25) is 0 Å². The summed E-state index contributed by atoms with van der Waals surface area (Å²) in [7, 11) is 0. The lowest BCUT2D eigenvalue weighted by molar-refractivity contribution is -0.123. The number of nitrogens with zero attached hydrogens (tertiary/aromatic N) is 2. The molecule has 166 valence electrons. The van der Waals surface area contributed by atoms with Crippen LogP contribution in [0.5, 0.6) is 5.75 Å². The van der Waals surface area contributed by atoms with Crippen molar-refractivity contribution in [1.29, 1.82) is 0 Å². The molecule has 32 heavy (non-hydrogen) atoms. The van der Waals surface area contributed by atoms with Crippen molar-refractivity contribution < 1.29 is 9.53 Å². The average molecular weight is 578 g/mol. The second-order valence-electron chi connectivity index (χ2n) is 7.36. The molecule has 1 aliphatic rings. The molecule has 0 spiro atoms. The largest absolute Gasteiger partial charge is 0.484 e. The summed E-state index contributed by atoms with van der Waals surface area (Å²) in [5, 5.41) is 4.12. The van der Waals surface area contributed by atoms with Crippen molar-refractivity contribution in [1.82, 2.24) is 9.99 Å². The molecule has 3 aromatic rings. The molecule has 0 unspecified atom stereocenters. The van der Waals surface area contributed by atoms with Gasteiger partial charge in [-0.2, -0.15) is 5.10 Å². The quantitative estimate of drug-likeness (QED) is 0.222. The first-order valence-electron chi connectivity index (χ1n) is 10.2. The third kappa shape index (κ3) is 5.71. The van der Waals surface area contributed by atoms with Gasteiger partial charge in [0.1, 0.15) is 5.75 Å². The number of rotatable bonds is 7. The normalized spacial score (nSPS) is 14.2. The lowest BCUT2D eigenvalue weighted by atomic mass is 10.2. The van der Waals surface area contributed by atoms with Gasteiger partial charge in [-0.3, -0.25) is 4.79 Å². The number of carbonyl (C=O) groups excluding carboxylic acids is 1. The van der Waals surface area contributed by atoms with Crippen molar-refractivity contribution in [2.75, 3.05) is 18.1 Å². The highest BCUT2D eigenvalue weighted by Crippen LogP contribution is 2.45. The molecular formula is C24H24IN3O2S2. The number of halogens is 1. The molecule has 0 saturated carbocycles. The molecule has 1 amide bonds. The Bertz CT molecular complexity index is 1110. The fraction of sp³-hybridized carbons (Fsp3) is 0.250. The topological polar surface area (TPSA) is 55.6 Å². The molecule has 0 radical (unpaired) electrons. The fourth-order valence-corrected chi connectivity index (χ4v) is 6.75. The van der Waals surface area contributed by atoms with Gasteiger partial charge in [-0.25, -0.2) is 5.43 Å². The number of hydrogen-bond acceptors (Lipinski definition) is 5. The Morgan fingerprint density at radius 1 is 1.16 bits per heavy atom. The maximum Gasteiger partial charge on any atom is 0.277 e. The van der Waals surface area contributed by atoms with Gasteiger partial charge in [0.05, 0.1) is 10.8 Å². The van der Waals surface area contributed by atoms with Crippen molar-refractivity contribution in [3.05, 3.63) is 80.7 Å². The summed E-state index contributed by atoms with van der Waals surface area (Å²) >= 11 is 6.24. The third-order valence-electron chi connectivity index (χ3n) is 5.09. The van der Waals surface area contributed by atoms with Gasteiger partial charge in [0.15, 0.2) is 6.61 Å². The zero-order valence-corrected chi connectivity index (χ0v) is 21.7. The monoisotopic (exact) mass is 577 g/mol. The molecule has 0 atom stereocenters. The van der Waals surface area contributed by atoms with Gasteiger partial charge in [0, 0.05) is 37.7 Å². The summed E-state index contributed by atoms with van der Waals surface area (Å²) in [5.41, 5.74) is 8.08. The van der Waals surface area contributed by atoms with E-state index in [1.165, 1.54) is 20.6 Å². The number of amides is 1. The van der Waals surface area contributed by atoms with Crippen molar-refractivity contribution in [3.63, 3.8) is 0 Å². The first kappa shape index (κ1) is 23.3. The molecule has 1 N–H and O–H groups in total. The number of carbonyl (C=O) groups is 1. The molecule has 1 aliphatic heterocycles. The number of hydrogen-bond donors (Lipinski definition) is 1. The second-order valence-corrected chi connectivity index (χ2v) is 11.3. The van der Waals surface area contributed by atoms with Gasteiger partial charge in [0.25, 0.3) is 5.91 Å². The van der Waals surface area contributed by atoms with Crippen molar-refractivity contribution in [3.8, 4) is 11.4 Å². The number of hydrazone groups is 1. The number of aryl methyl sites for hydroxylation is 1. The minimum atomic E-state index is -0.293. The van der Waals surface area contributed by atoms with E-state index in [1.807, 2.05) is 42.6 Å². The number of thioether (sulfide) groups is 2. The molecule has 2 heterocycles. The maximum atomic E-state index is 12.1. The first-order chi connectivity index (χ1) is 15.5. The highest BCUT2D eigenvalue weighted by atomic mass is 127. The predicted octanol–water partition coefficient (Wildman–Crippen LogP) is 5.71. The van der Waals surface area contributed by atoms with E-state index in [-0.39, 0.29) is 12.5 Å². The summed E-state index contributed by atoms with van der Waals surface area (Å²) < 4.78 is 9.48. The van der Waals surface area contributed by atoms with Crippen LogP contribution >= 0.6 is 46.1 Å². The van der Waals surface area contributed by atoms with E-state index in [2.05, 4.69) is 87.1 Å². The summed E-state index contributed by atoms with van der Waals surface area (Å²) in [6, 6.07) is 18.4. The van der Waals surface area contributed by atoms with Gasteiger partial charge >= 0.3 is 0 Å². The van der Waals surface area contributed by atoms with E-state index in [9.17, 15) is 4.79 Å². The minimum Gasteiger partial charge on any atom is -0.484 e. The van der Waals surface area contributed by atoms with Gasteiger partial charge in [-0.05, 0) is 84.5 Å². The van der Waals surface area contributed by atoms with E-state index in [0.29, 0.717) is 10.3 Å². The van der Waals surface area contributed by atoms with Crippen LogP contribution in [0, 0.1) is 17.4 Å². The molecule has 1 fully saturated rings. The lowest BCUT2D eigenvalue weighted by Gasteiger charge is -2.10. The van der Waals surface area contributed by atoms with Crippen LogP contribution in [-0.2, 0) is 4.79 Å². The summed E-state index contributed by atoms with van der Waals surface area (Å²) in [5.74, 6) is 2.79. The fourth-order valence-electron chi connectivity index (χ4n) is 3.53. The molecule has 8 heteroatoms. The van der Waals surface area contributed by atoms with E-state index >= 15 is 0 Å². The van der Waals surface area contributed by atoms with Crippen LogP contribution in [0.3, 0.4) is 0 Å². The number of ether oxygens (including phenoxy) is 1. The van der Waals surface area contributed by atoms with E-state index < -0.39 is 0 Å². The molecule has 2 aromatic carbocycles. The Morgan fingerprint density at radius 3 is 2.53 bits per heavy atom. The van der Waals surface area contributed by atoms with Crippen molar-refractivity contribution >= 4 is 58.2 Å². The highest BCUT2D eigenvalue weighted by molar-refractivity contribution is 14.1. The van der Waals surface area contributed by atoms with Gasteiger partial charge in [0.2, 0.25) is 0 Å². The van der Waals surface area contributed by atoms with Crippen LogP contribution in [0.25, 0.3) is 5.69 Å².